The Kier molecular flexibility index (Phi) is 9.97. The fourth-order valence-corrected chi connectivity index (χ4v) is 9.84. The highest BCUT2D eigenvalue weighted by Crippen LogP contribution is 2.55. The Hall–Kier alpha value is -4.01. The Morgan fingerprint density at radius 2 is 1.27 bits per heavy atom. The first-order valence-corrected chi connectivity index (χ1v) is 18.9. The smallest absolute Gasteiger partial charge is 0.319 e. The van der Waals surface area contributed by atoms with Crippen molar-refractivity contribution in [2.24, 2.45) is 23.7 Å². The summed E-state index contributed by atoms with van der Waals surface area (Å²) in [6.07, 6.45) is 6.51. The highest BCUT2D eigenvalue weighted by molar-refractivity contribution is 5.89. The van der Waals surface area contributed by atoms with E-state index in [4.69, 9.17) is 9.47 Å². The van der Waals surface area contributed by atoms with Crippen LogP contribution >= 0.6 is 0 Å². The second-order valence-corrected chi connectivity index (χ2v) is 15.9. The van der Waals surface area contributed by atoms with Crippen molar-refractivity contribution in [3.05, 3.63) is 137 Å². The van der Waals surface area contributed by atoms with Crippen LogP contribution in [0.4, 0.5) is 10.5 Å². The van der Waals surface area contributed by atoms with Crippen LogP contribution in [0, 0.1) is 23.7 Å². The van der Waals surface area contributed by atoms with Crippen molar-refractivity contribution in [1.29, 1.82) is 0 Å². The topological polar surface area (TPSA) is 83.1 Å². The number of benzene rings is 4. The highest BCUT2D eigenvalue weighted by Gasteiger charge is 2.51. The van der Waals surface area contributed by atoms with Crippen molar-refractivity contribution in [2.75, 3.05) is 11.9 Å². The fraction of sp³-hybridized carbons (Fsp3) is 0.432. The van der Waals surface area contributed by atoms with E-state index in [-0.39, 0.29) is 36.3 Å². The molecule has 4 aliphatic carbocycles. The summed E-state index contributed by atoms with van der Waals surface area (Å²) in [5.41, 5.74) is 6.10. The number of carbonyl (C=O) groups excluding carboxylic acids is 1. The monoisotopic (exact) mass is 685 g/mol. The van der Waals surface area contributed by atoms with Gasteiger partial charge in [0.05, 0.1) is 18.8 Å². The van der Waals surface area contributed by atoms with E-state index in [2.05, 4.69) is 95.3 Å². The number of nitrogens with one attached hydrogen (secondary N) is 2. The van der Waals surface area contributed by atoms with Crippen LogP contribution in [0.25, 0.3) is 0 Å². The van der Waals surface area contributed by atoms with Crippen molar-refractivity contribution < 1.29 is 19.4 Å². The number of anilines is 1. The van der Waals surface area contributed by atoms with E-state index in [0.717, 1.165) is 79.0 Å². The van der Waals surface area contributed by atoms with Gasteiger partial charge in [-0.05, 0) is 90.7 Å². The van der Waals surface area contributed by atoms with E-state index < -0.39 is 6.29 Å². The maximum Gasteiger partial charge on any atom is 0.319 e. The molecule has 3 N–H and O–H groups in total. The van der Waals surface area contributed by atoms with Crippen LogP contribution in [0.5, 0.6) is 0 Å². The zero-order valence-electron chi connectivity index (χ0n) is 29.6. The summed E-state index contributed by atoms with van der Waals surface area (Å²) < 4.78 is 13.6. The minimum atomic E-state index is -0.584. The lowest BCUT2D eigenvalue weighted by Gasteiger charge is -2.56. The molecule has 7 nitrogen and oxygen atoms in total. The molecule has 5 fully saturated rings. The largest absolute Gasteiger partial charge is 0.392 e. The fourth-order valence-electron chi connectivity index (χ4n) is 9.84. The van der Waals surface area contributed by atoms with Crippen molar-refractivity contribution >= 4 is 11.7 Å². The van der Waals surface area contributed by atoms with Gasteiger partial charge in [0.1, 0.15) is 0 Å². The maximum absolute atomic E-state index is 13.3. The van der Waals surface area contributed by atoms with Gasteiger partial charge in [0, 0.05) is 42.3 Å². The van der Waals surface area contributed by atoms with Gasteiger partial charge in [-0.1, -0.05) is 104 Å². The van der Waals surface area contributed by atoms with Gasteiger partial charge in [-0.3, -0.25) is 4.90 Å². The van der Waals surface area contributed by atoms with Gasteiger partial charge >= 0.3 is 6.03 Å². The molecular formula is C44H51N3O4. The first kappa shape index (κ1) is 34.1. The van der Waals surface area contributed by atoms with Gasteiger partial charge in [0.15, 0.2) is 6.29 Å². The molecule has 4 bridgehead atoms. The summed E-state index contributed by atoms with van der Waals surface area (Å²) in [7, 11) is 0. The summed E-state index contributed by atoms with van der Waals surface area (Å²) in [5, 5.41) is 16.2. The normalized spacial score (nSPS) is 29.6. The van der Waals surface area contributed by atoms with Gasteiger partial charge < -0.3 is 25.2 Å². The SMILES string of the molecule is C[C@@H]1[C@H](CN(Cc2ccccc2)Cc2ccccc2)O[C@H](c2ccc(NC(=O)NC34CC5CC(CC(C5)C3)C4)cc2)O[C@@H]1c1ccc(CO)cc1. The van der Waals surface area contributed by atoms with Crippen LogP contribution in [0.1, 0.15) is 85.7 Å². The molecule has 0 spiro atoms. The molecule has 0 radical (unpaired) electrons. The van der Waals surface area contributed by atoms with Crippen LogP contribution in [-0.4, -0.2) is 34.2 Å². The number of aliphatic hydroxyl groups is 1. The van der Waals surface area contributed by atoms with E-state index in [1.54, 1.807) is 0 Å². The lowest BCUT2D eigenvalue weighted by Crippen LogP contribution is -2.60. The van der Waals surface area contributed by atoms with Crippen molar-refractivity contribution in [2.45, 2.75) is 89.2 Å². The molecule has 5 aliphatic rings. The maximum atomic E-state index is 13.3. The Bertz CT molecular complexity index is 1670. The number of hydrogen-bond donors (Lipinski definition) is 3. The molecule has 1 heterocycles. The summed E-state index contributed by atoms with van der Waals surface area (Å²) in [6.45, 7) is 4.54. The summed E-state index contributed by atoms with van der Waals surface area (Å²) >= 11 is 0. The van der Waals surface area contributed by atoms with Crippen LogP contribution < -0.4 is 10.6 Å². The number of hydrogen-bond acceptors (Lipinski definition) is 5. The third kappa shape index (κ3) is 7.92. The lowest BCUT2D eigenvalue weighted by atomic mass is 9.53. The van der Waals surface area contributed by atoms with Crippen molar-refractivity contribution in [1.82, 2.24) is 10.2 Å². The van der Waals surface area contributed by atoms with Crippen LogP contribution in [-0.2, 0) is 29.2 Å². The van der Waals surface area contributed by atoms with Crippen molar-refractivity contribution in [3.8, 4) is 0 Å². The molecule has 51 heavy (non-hydrogen) atoms. The standard InChI is InChI=1S/C44H51N3O4/c1-30-40(28-47(26-31-8-4-2-5-9-31)27-32-10-6-3-7-11-32)50-42(51-41(30)37-14-12-33(29-48)13-15-37)38-16-18-39(19-17-38)45-43(49)46-44-23-34-20-35(24-44)22-36(21-34)25-44/h2-19,30,34-36,40-42,48H,20-29H2,1H3,(H2,45,46,49)/t30-,34?,35?,36?,40+,41+,42+,44?/m1/s1. The molecule has 4 atom stereocenters. The third-order valence-corrected chi connectivity index (χ3v) is 11.9. The minimum absolute atomic E-state index is 0.00456. The molecule has 0 unspecified atom stereocenters. The molecule has 4 aromatic carbocycles. The predicted octanol–water partition coefficient (Wildman–Crippen LogP) is 8.76. The lowest BCUT2D eigenvalue weighted by molar-refractivity contribution is -0.276. The molecule has 1 aliphatic heterocycles. The Balaban J connectivity index is 0.998. The number of urea groups is 1. The number of rotatable bonds is 11. The number of nitrogens with zero attached hydrogens (tertiary/aromatic N) is 1. The summed E-state index contributed by atoms with van der Waals surface area (Å²) in [5.74, 6) is 2.39. The van der Waals surface area contributed by atoms with Gasteiger partial charge in [-0.25, -0.2) is 4.79 Å². The molecule has 9 rings (SSSR count). The molecule has 7 heteroatoms. The Labute approximate surface area is 302 Å². The highest BCUT2D eigenvalue weighted by atomic mass is 16.7. The average Bonchev–Trinajstić information content (AvgIpc) is 3.13. The molecule has 2 amide bonds. The first-order chi connectivity index (χ1) is 24.9. The Morgan fingerprint density at radius 1 is 0.725 bits per heavy atom. The Morgan fingerprint density at radius 3 is 1.82 bits per heavy atom. The second-order valence-electron chi connectivity index (χ2n) is 15.9. The molecule has 4 aromatic rings. The molecule has 266 valence electrons. The number of aliphatic hydroxyl groups excluding tert-OH is 1. The van der Waals surface area contributed by atoms with Crippen LogP contribution in [0.3, 0.4) is 0 Å². The summed E-state index contributed by atoms with van der Waals surface area (Å²) in [6, 6.07) is 37.1. The minimum Gasteiger partial charge on any atom is -0.392 e. The van der Waals surface area contributed by atoms with Crippen LogP contribution in [0.15, 0.2) is 109 Å². The van der Waals surface area contributed by atoms with Gasteiger partial charge in [-0.2, -0.15) is 0 Å². The third-order valence-electron chi connectivity index (χ3n) is 11.9. The van der Waals surface area contributed by atoms with Crippen LogP contribution in [0.2, 0.25) is 0 Å². The molecule has 1 saturated heterocycles. The number of amides is 2. The van der Waals surface area contributed by atoms with E-state index in [1.165, 1.54) is 30.4 Å². The van der Waals surface area contributed by atoms with E-state index in [1.807, 2.05) is 36.4 Å². The van der Waals surface area contributed by atoms with E-state index >= 15 is 0 Å². The quantitative estimate of drug-likeness (QED) is 0.147. The molecule has 4 saturated carbocycles. The first-order valence-electron chi connectivity index (χ1n) is 18.9. The summed E-state index contributed by atoms with van der Waals surface area (Å²) in [4.78, 5) is 15.7. The van der Waals surface area contributed by atoms with E-state index in [9.17, 15) is 9.90 Å². The predicted molar refractivity (Wildman–Crippen MR) is 199 cm³/mol. The molecule has 0 aromatic heterocycles. The zero-order chi connectivity index (χ0) is 34.8. The van der Waals surface area contributed by atoms with Crippen molar-refractivity contribution in [3.63, 3.8) is 0 Å². The van der Waals surface area contributed by atoms with Gasteiger partial charge in [0.25, 0.3) is 0 Å². The van der Waals surface area contributed by atoms with Gasteiger partial charge in [-0.15, -0.1) is 0 Å². The molecular weight excluding hydrogens is 635 g/mol. The van der Waals surface area contributed by atoms with E-state index in [0.29, 0.717) is 0 Å². The average molecular weight is 686 g/mol. The second kappa shape index (κ2) is 14.9. The number of ether oxygens (including phenoxy) is 2. The van der Waals surface area contributed by atoms with Gasteiger partial charge in [0.2, 0.25) is 0 Å². The number of carbonyl (C=O) groups is 1. The zero-order valence-corrected chi connectivity index (χ0v) is 29.6.